The zero-order chi connectivity index (χ0) is 18.1. The van der Waals surface area contributed by atoms with E-state index in [1.54, 1.807) is 24.0 Å². The van der Waals surface area contributed by atoms with Crippen molar-refractivity contribution < 1.29 is 24.2 Å². The molecule has 0 saturated heterocycles. The summed E-state index contributed by atoms with van der Waals surface area (Å²) >= 11 is 0. The highest BCUT2D eigenvalue weighted by molar-refractivity contribution is 5.91. The first-order valence-corrected chi connectivity index (χ1v) is 8.14. The van der Waals surface area contributed by atoms with Crippen LogP contribution in [0.4, 0.5) is 4.79 Å². The fourth-order valence-electron chi connectivity index (χ4n) is 2.78. The van der Waals surface area contributed by atoms with Gasteiger partial charge in [0.25, 0.3) is 0 Å². The van der Waals surface area contributed by atoms with E-state index in [1.165, 1.54) is 0 Å². The van der Waals surface area contributed by atoms with Gasteiger partial charge in [-0.1, -0.05) is 0 Å². The van der Waals surface area contributed by atoms with E-state index in [9.17, 15) is 14.7 Å². The fraction of sp³-hybridized carbons (Fsp3) is 0.556. The minimum absolute atomic E-state index is 0.0630. The standard InChI is InChI=1S/C18H25NO5/c1-6-23-15-9-13-10-19(17(22)24-18(3,4)5)11(2)7-12(13)8-14(15)16(20)21/h8-9,11H,6-7,10H2,1-5H3,(H,20,21). The molecule has 1 aliphatic rings. The normalized spacial score (nSPS) is 17.2. The minimum atomic E-state index is -1.01. The summed E-state index contributed by atoms with van der Waals surface area (Å²) < 4.78 is 10.9. The van der Waals surface area contributed by atoms with Gasteiger partial charge in [0, 0.05) is 12.6 Å². The van der Waals surface area contributed by atoms with Gasteiger partial charge in [0.15, 0.2) is 0 Å². The maximum absolute atomic E-state index is 12.4. The highest BCUT2D eigenvalue weighted by atomic mass is 16.6. The number of rotatable bonds is 3. The molecule has 132 valence electrons. The number of hydrogen-bond acceptors (Lipinski definition) is 4. The second kappa shape index (κ2) is 6.71. The van der Waals surface area contributed by atoms with Crippen LogP contribution >= 0.6 is 0 Å². The van der Waals surface area contributed by atoms with E-state index in [-0.39, 0.29) is 17.7 Å². The molecule has 1 aliphatic heterocycles. The van der Waals surface area contributed by atoms with Crippen molar-refractivity contribution in [2.24, 2.45) is 0 Å². The van der Waals surface area contributed by atoms with Crippen LogP contribution in [0.3, 0.4) is 0 Å². The van der Waals surface area contributed by atoms with Gasteiger partial charge in [-0.05, 0) is 64.3 Å². The first-order valence-electron chi connectivity index (χ1n) is 8.14. The molecule has 2 rings (SSSR count). The van der Waals surface area contributed by atoms with Crippen LogP contribution in [0.15, 0.2) is 12.1 Å². The zero-order valence-corrected chi connectivity index (χ0v) is 14.9. The van der Waals surface area contributed by atoms with Crippen LogP contribution < -0.4 is 4.74 Å². The third kappa shape index (κ3) is 3.99. The smallest absolute Gasteiger partial charge is 0.410 e. The maximum Gasteiger partial charge on any atom is 0.410 e. The maximum atomic E-state index is 12.4. The molecule has 6 heteroatoms. The lowest BCUT2D eigenvalue weighted by atomic mass is 9.92. The summed E-state index contributed by atoms with van der Waals surface area (Å²) in [6.45, 7) is 10.00. The molecule has 0 spiro atoms. The predicted molar refractivity (Wildman–Crippen MR) is 89.5 cm³/mol. The molecular formula is C18H25NO5. The molecule has 0 aromatic heterocycles. The summed E-state index contributed by atoms with van der Waals surface area (Å²) in [5.41, 5.74) is 1.44. The number of carbonyl (C=O) groups is 2. The lowest BCUT2D eigenvalue weighted by Crippen LogP contribution is -2.45. The second-order valence-corrected chi connectivity index (χ2v) is 7.02. The van der Waals surface area contributed by atoms with Crippen LogP contribution in [-0.4, -0.2) is 40.3 Å². The van der Waals surface area contributed by atoms with Crippen LogP contribution in [-0.2, 0) is 17.7 Å². The Labute approximate surface area is 142 Å². The fourth-order valence-corrected chi connectivity index (χ4v) is 2.78. The summed E-state index contributed by atoms with van der Waals surface area (Å²) in [6.07, 6.45) is 0.224. The monoisotopic (exact) mass is 335 g/mol. The van der Waals surface area contributed by atoms with E-state index in [0.717, 1.165) is 11.1 Å². The van der Waals surface area contributed by atoms with Crippen molar-refractivity contribution in [3.05, 3.63) is 28.8 Å². The molecule has 0 aliphatic carbocycles. The number of amides is 1. The highest BCUT2D eigenvalue weighted by Crippen LogP contribution is 2.31. The van der Waals surface area contributed by atoms with Crippen molar-refractivity contribution in [3.63, 3.8) is 0 Å². The Balaban J connectivity index is 2.33. The molecule has 1 atom stereocenters. The van der Waals surface area contributed by atoms with Gasteiger partial charge in [-0.2, -0.15) is 0 Å². The molecule has 1 heterocycles. The van der Waals surface area contributed by atoms with Crippen molar-refractivity contribution in [1.82, 2.24) is 4.90 Å². The molecule has 6 nitrogen and oxygen atoms in total. The molecule has 0 bridgehead atoms. The molecule has 1 amide bonds. The Morgan fingerprint density at radius 1 is 1.29 bits per heavy atom. The number of aromatic carboxylic acids is 1. The Hall–Kier alpha value is -2.24. The Morgan fingerprint density at radius 3 is 2.50 bits per heavy atom. The molecule has 1 unspecified atom stereocenters. The summed E-state index contributed by atoms with van der Waals surface area (Å²) in [5, 5.41) is 9.36. The number of nitrogens with zero attached hydrogens (tertiary/aromatic N) is 1. The number of carboxylic acids is 1. The van der Waals surface area contributed by atoms with Gasteiger partial charge in [-0.3, -0.25) is 0 Å². The lowest BCUT2D eigenvalue weighted by Gasteiger charge is -2.36. The van der Waals surface area contributed by atoms with Crippen molar-refractivity contribution in [3.8, 4) is 5.75 Å². The number of ether oxygens (including phenoxy) is 2. The van der Waals surface area contributed by atoms with Crippen molar-refractivity contribution in [1.29, 1.82) is 0 Å². The van der Waals surface area contributed by atoms with Gasteiger partial charge in [0.2, 0.25) is 0 Å². The molecule has 0 radical (unpaired) electrons. The van der Waals surface area contributed by atoms with Crippen LogP contribution in [0.5, 0.6) is 5.75 Å². The molecule has 1 aromatic rings. The van der Waals surface area contributed by atoms with Gasteiger partial charge >= 0.3 is 12.1 Å². The first kappa shape index (κ1) is 18.1. The van der Waals surface area contributed by atoms with Crippen LogP contribution in [0, 0.1) is 0 Å². The van der Waals surface area contributed by atoms with Crippen LogP contribution in [0.1, 0.15) is 56.1 Å². The lowest BCUT2D eigenvalue weighted by molar-refractivity contribution is 0.0137. The molecule has 0 saturated carbocycles. The number of carbonyl (C=O) groups excluding carboxylic acids is 1. The molecule has 1 aromatic carbocycles. The number of carboxylic acid groups (broad SMARTS) is 1. The highest BCUT2D eigenvalue weighted by Gasteiger charge is 2.31. The molecule has 24 heavy (non-hydrogen) atoms. The number of fused-ring (bicyclic) bond motifs is 1. The zero-order valence-electron chi connectivity index (χ0n) is 14.9. The van der Waals surface area contributed by atoms with Gasteiger partial charge in [-0.25, -0.2) is 9.59 Å². The molecular weight excluding hydrogens is 310 g/mol. The van der Waals surface area contributed by atoms with Gasteiger partial charge in [0.1, 0.15) is 16.9 Å². The summed E-state index contributed by atoms with van der Waals surface area (Å²) in [4.78, 5) is 25.5. The second-order valence-electron chi connectivity index (χ2n) is 7.02. The van der Waals surface area contributed by atoms with Gasteiger partial charge in [-0.15, -0.1) is 0 Å². The van der Waals surface area contributed by atoms with Gasteiger partial charge in [0.05, 0.1) is 6.61 Å². The van der Waals surface area contributed by atoms with E-state index in [2.05, 4.69) is 0 Å². The third-order valence-corrected chi connectivity index (χ3v) is 3.85. The van der Waals surface area contributed by atoms with E-state index < -0.39 is 11.6 Å². The SMILES string of the molecule is CCOc1cc2c(cc1C(=O)O)CC(C)N(C(=O)OC(C)(C)C)C2. The minimum Gasteiger partial charge on any atom is -0.493 e. The Kier molecular flexibility index (Phi) is 5.06. The molecule has 1 N–H and O–H groups in total. The molecule has 0 fully saturated rings. The van der Waals surface area contributed by atoms with E-state index >= 15 is 0 Å². The Bertz CT molecular complexity index is 648. The van der Waals surface area contributed by atoms with E-state index in [0.29, 0.717) is 25.3 Å². The number of hydrogen-bond donors (Lipinski definition) is 1. The van der Waals surface area contributed by atoms with Crippen molar-refractivity contribution >= 4 is 12.1 Å². The quantitative estimate of drug-likeness (QED) is 0.915. The van der Waals surface area contributed by atoms with Gasteiger partial charge < -0.3 is 19.5 Å². The van der Waals surface area contributed by atoms with Crippen LogP contribution in [0.25, 0.3) is 0 Å². The summed E-state index contributed by atoms with van der Waals surface area (Å²) in [5.74, 6) is -0.675. The number of benzene rings is 1. The van der Waals surface area contributed by atoms with Crippen LogP contribution in [0.2, 0.25) is 0 Å². The van der Waals surface area contributed by atoms with E-state index in [4.69, 9.17) is 9.47 Å². The van der Waals surface area contributed by atoms with E-state index in [1.807, 2.05) is 27.7 Å². The predicted octanol–water partition coefficient (Wildman–Crippen LogP) is 3.47. The van der Waals surface area contributed by atoms with Crippen molar-refractivity contribution in [2.75, 3.05) is 6.61 Å². The average molecular weight is 335 g/mol. The summed E-state index contributed by atoms with van der Waals surface area (Å²) in [6, 6.07) is 3.32. The van der Waals surface area contributed by atoms with Crippen molar-refractivity contribution in [2.45, 2.75) is 59.2 Å². The first-order chi connectivity index (χ1) is 11.1. The average Bonchev–Trinajstić information content (AvgIpc) is 2.44. The largest absolute Gasteiger partial charge is 0.493 e. The Morgan fingerprint density at radius 2 is 1.96 bits per heavy atom. The summed E-state index contributed by atoms with van der Waals surface area (Å²) in [7, 11) is 0. The third-order valence-electron chi connectivity index (χ3n) is 3.85. The topological polar surface area (TPSA) is 76.1 Å².